The number of carbonyl (C=O) groups is 2. The van der Waals surface area contributed by atoms with E-state index in [4.69, 9.17) is 0 Å². The standard InChI is InChI=1S/C22H23N5O2/c1-16-8-9-18(14-23)19(24-16)26-12-10-22(11-13-26)20(28)25(2)21(29)27(22)15-17-6-4-3-5-7-17/h3-9H,10-13,15H2,1-2H3. The van der Waals surface area contributed by atoms with Crippen LogP contribution in [-0.4, -0.2) is 52.4 Å². The SMILES string of the molecule is Cc1ccc(C#N)c(N2CCC3(CC2)C(=O)N(C)C(=O)N3Cc2ccccc2)n1. The van der Waals surface area contributed by atoms with Crippen molar-refractivity contribution in [3.8, 4) is 6.07 Å². The van der Waals surface area contributed by atoms with Gasteiger partial charge in [-0.1, -0.05) is 30.3 Å². The lowest BCUT2D eigenvalue weighted by atomic mass is 9.85. The molecule has 0 bridgehead atoms. The topological polar surface area (TPSA) is 80.5 Å². The van der Waals surface area contributed by atoms with E-state index >= 15 is 0 Å². The van der Waals surface area contributed by atoms with Gasteiger partial charge in [-0.05, 0) is 37.5 Å². The number of urea groups is 1. The first-order chi connectivity index (χ1) is 14.0. The number of amides is 3. The van der Waals surface area contributed by atoms with Gasteiger partial charge in [0.15, 0.2) is 0 Å². The highest BCUT2D eigenvalue weighted by molar-refractivity contribution is 6.06. The van der Waals surface area contributed by atoms with Gasteiger partial charge >= 0.3 is 6.03 Å². The molecule has 2 aromatic rings. The van der Waals surface area contributed by atoms with E-state index in [9.17, 15) is 14.9 Å². The molecule has 1 aromatic heterocycles. The van der Waals surface area contributed by atoms with Crippen LogP contribution in [0.3, 0.4) is 0 Å². The Balaban J connectivity index is 1.61. The first-order valence-electron chi connectivity index (χ1n) is 9.73. The van der Waals surface area contributed by atoms with Crippen molar-refractivity contribution in [3.05, 3.63) is 59.3 Å². The van der Waals surface area contributed by atoms with Gasteiger partial charge in [0.2, 0.25) is 0 Å². The monoisotopic (exact) mass is 389 g/mol. The number of nitrogens with zero attached hydrogens (tertiary/aromatic N) is 5. The van der Waals surface area contributed by atoms with Gasteiger partial charge in [-0.2, -0.15) is 5.26 Å². The van der Waals surface area contributed by atoms with Gasteiger partial charge in [0, 0.05) is 32.4 Å². The second kappa shape index (κ2) is 7.21. The molecular weight excluding hydrogens is 366 g/mol. The lowest BCUT2D eigenvalue weighted by Crippen LogP contribution is -2.56. The first-order valence-corrected chi connectivity index (χ1v) is 9.73. The second-order valence-corrected chi connectivity index (χ2v) is 7.67. The number of aryl methyl sites for hydroxylation is 1. The molecule has 4 rings (SSSR count). The minimum atomic E-state index is -0.838. The fourth-order valence-electron chi connectivity index (χ4n) is 4.31. The number of piperidine rings is 1. The Bertz CT molecular complexity index is 990. The zero-order valence-electron chi connectivity index (χ0n) is 16.6. The average Bonchev–Trinajstić information content (AvgIpc) is 2.91. The maximum atomic E-state index is 13.1. The highest BCUT2D eigenvalue weighted by Crippen LogP contribution is 2.39. The van der Waals surface area contributed by atoms with Crippen LogP contribution in [0, 0.1) is 18.3 Å². The number of pyridine rings is 1. The number of hydrogen-bond donors (Lipinski definition) is 0. The molecule has 3 amide bonds. The lowest BCUT2D eigenvalue weighted by Gasteiger charge is -2.42. The number of hydrogen-bond acceptors (Lipinski definition) is 5. The molecule has 0 atom stereocenters. The molecule has 0 radical (unpaired) electrons. The van der Waals surface area contributed by atoms with Gasteiger partial charge in [-0.3, -0.25) is 9.69 Å². The summed E-state index contributed by atoms with van der Waals surface area (Å²) in [5, 5.41) is 9.43. The summed E-state index contributed by atoms with van der Waals surface area (Å²) in [6.45, 7) is 3.42. The van der Waals surface area contributed by atoms with Crippen molar-refractivity contribution in [2.75, 3.05) is 25.0 Å². The largest absolute Gasteiger partial charge is 0.355 e. The molecule has 0 saturated carbocycles. The third kappa shape index (κ3) is 3.11. The van der Waals surface area contributed by atoms with Crippen LogP contribution in [-0.2, 0) is 11.3 Å². The molecule has 2 fully saturated rings. The number of carbonyl (C=O) groups excluding carboxylic acids is 2. The van der Waals surface area contributed by atoms with E-state index in [1.165, 1.54) is 4.90 Å². The molecule has 29 heavy (non-hydrogen) atoms. The van der Waals surface area contributed by atoms with Gasteiger partial charge in [-0.25, -0.2) is 9.78 Å². The number of aromatic nitrogens is 1. The summed E-state index contributed by atoms with van der Waals surface area (Å²) >= 11 is 0. The highest BCUT2D eigenvalue weighted by atomic mass is 16.2. The minimum Gasteiger partial charge on any atom is -0.355 e. The summed E-state index contributed by atoms with van der Waals surface area (Å²) < 4.78 is 0. The van der Waals surface area contributed by atoms with Crippen LogP contribution in [0.15, 0.2) is 42.5 Å². The first kappa shape index (κ1) is 18.9. The number of benzene rings is 1. The van der Waals surface area contributed by atoms with Gasteiger partial charge < -0.3 is 9.80 Å². The maximum Gasteiger partial charge on any atom is 0.327 e. The van der Waals surface area contributed by atoms with Gasteiger partial charge in [0.25, 0.3) is 5.91 Å². The van der Waals surface area contributed by atoms with Gasteiger partial charge in [-0.15, -0.1) is 0 Å². The fourth-order valence-corrected chi connectivity index (χ4v) is 4.31. The number of nitriles is 1. The van der Waals surface area contributed by atoms with E-state index in [1.54, 1.807) is 18.0 Å². The van der Waals surface area contributed by atoms with E-state index in [0.717, 1.165) is 11.3 Å². The summed E-state index contributed by atoms with van der Waals surface area (Å²) in [5.74, 6) is 0.512. The fraction of sp³-hybridized carbons (Fsp3) is 0.364. The summed E-state index contributed by atoms with van der Waals surface area (Å²) in [6.07, 6.45) is 1.02. The minimum absolute atomic E-state index is 0.143. The van der Waals surface area contributed by atoms with Crippen molar-refractivity contribution in [1.82, 2.24) is 14.8 Å². The van der Waals surface area contributed by atoms with Crippen molar-refractivity contribution < 1.29 is 9.59 Å². The van der Waals surface area contributed by atoms with E-state index < -0.39 is 5.54 Å². The zero-order chi connectivity index (χ0) is 20.6. The number of likely N-dealkylation sites (N-methyl/N-ethyl adjacent to an activating group) is 1. The molecule has 2 aliphatic rings. The Labute approximate surface area is 170 Å². The van der Waals surface area contributed by atoms with Gasteiger partial charge in [0.05, 0.1) is 5.56 Å². The Hall–Kier alpha value is -3.40. The average molecular weight is 389 g/mol. The molecule has 0 unspecified atom stereocenters. The van der Waals surface area contributed by atoms with E-state index in [-0.39, 0.29) is 11.9 Å². The number of anilines is 1. The molecule has 148 valence electrons. The molecule has 2 saturated heterocycles. The van der Waals surface area contributed by atoms with E-state index in [2.05, 4.69) is 11.1 Å². The molecule has 1 spiro atoms. The predicted molar refractivity (Wildman–Crippen MR) is 108 cm³/mol. The maximum absolute atomic E-state index is 13.1. The number of rotatable bonds is 3. The molecule has 0 aliphatic carbocycles. The van der Waals surface area contributed by atoms with Crippen LogP contribution in [0.5, 0.6) is 0 Å². The highest BCUT2D eigenvalue weighted by Gasteiger charge is 2.56. The van der Waals surface area contributed by atoms with Crippen molar-refractivity contribution in [2.24, 2.45) is 0 Å². The molecular formula is C22H23N5O2. The van der Waals surface area contributed by atoms with Crippen molar-refractivity contribution in [3.63, 3.8) is 0 Å². The third-order valence-electron chi connectivity index (χ3n) is 5.95. The predicted octanol–water partition coefficient (Wildman–Crippen LogP) is 2.69. The van der Waals surface area contributed by atoms with Crippen LogP contribution in [0.1, 0.15) is 29.7 Å². The van der Waals surface area contributed by atoms with E-state index in [0.29, 0.717) is 43.9 Å². The van der Waals surface area contributed by atoms with E-state index in [1.807, 2.05) is 48.2 Å². The van der Waals surface area contributed by atoms with Crippen molar-refractivity contribution >= 4 is 17.8 Å². The Morgan fingerprint density at radius 2 is 1.79 bits per heavy atom. The smallest absolute Gasteiger partial charge is 0.327 e. The summed E-state index contributed by atoms with van der Waals surface area (Å²) in [5.41, 5.74) is 1.53. The van der Waals surface area contributed by atoms with Gasteiger partial charge in [0.1, 0.15) is 17.4 Å². The van der Waals surface area contributed by atoms with Crippen LogP contribution in [0.4, 0.5) is 10.6 Å². The Kier molecular flexibility index (Phi) is 4.71. The molecule has 7 heteroatoms. The molecule has 2 aliphatic heterocycles. The Morgan fingerprint density at radius 1 is 1.10 bits per heavy atom. The quantitative estimate of drug-likeness (QED) is 0.754. The second-order valence-electron chi connectivity index (χ2n) is 7.67. The molecule has 1 aromatic carbocycles. The van der Waals surface area contributed by atoms with Crippen LogP contribution < -0.4 is 4.90 Å². The number of imide groups is 1. The summed E-state index contributed by atoms with van der Waals surface area (Å²) in [7, 11) is 1.56. The molecule has 7 nitrogen and oxygen atoms in total. The molecule has 0 N–H and O–H groups in total. The van der Waals surface area contributed by atoms with Crippen LogP contribution >= 0.6 is 0 Å². The van der Waals surface area contributed by atoms with Crippen LogP contribution in [0.25, 0.3) is 0 Å². The lowest BCUT2D eigenvalue weighted by molar-refractivity contribution is -0.133. The summed E-state index contributed by atoms with van der Waals surface area (Å²) in [6, 6.07) is 15.3. The zero-order valence-corrected chi connectivity index (χ0v) is 16.6. The Morgan fingerprint density at radius 3 is 2.45 bits per heavy atom. The molecule has 3 heterocycles. The third-order valence-corrected chi connectivity index (χ3v) is 5.95. The normalized spacial score (nSPS) is 18.4. The van der Waals surface area contributed by atoms with Crippen molar-refractivity contribution in [1.29, 1.82) is 5.26 Å². The van der Waals surface area contributed by atoms with Crippen LogP contribution in [0.2, 0.25) is 0 Å². The summed E-state index contributed by atoms with van der Waals surface area (Å²) in [4.78, 5) is 35.5. The van der Waals surface area contributed by atoms with Crippen molar-refractivity contribution in [2.45, 2.75) is 31.8 Å².